The van der Waals surface area contributed by atoms with Gasteiger partial charge in [0.15, 0.2) is 0 Å². The van der Waals surface area contributed by atoms with E-state index in [4.69, 9.17) is 13.8 Å². The van der Waals surface area contributed by atoms with Gasteiger partial charge < -0.3 is 28.5 Å². The molecule has 0 aromatic carbocycles. The highest BCUT2D eigenvalue weighted by molar-refractivity contribution is 7.45. The first-order chi connectivity index (χ1) is 41.4. The van der Waals surface area contributed by atoms with E-state index < -0.39 is 20.0 Å². The summed E-state index contributed by atoms with van der Waals surface area (Å²) in [6.45, 7) is 6.85. The number of rotatable bonds is 66. The lowest BCUT2D eigenvalue weighted by Gasteiger charge is -2.30. The fourth-order valence-electron chi connectivity index (χ4n) is 10.5. The highest BCUT2D eigenvalue weighted by atomic mass is 31.2. The molecule has 0 bridgehead atoms. The number of phosphoric ester groups is 1. The maximum Gasteiger partial charge on any atom is 0.306 e. The number of allylic oxidation sites excluding steroid dienone is 11. The van der Waals surface area contributed by atoms with E-state index in [2.05, 4.69) is 86.8 Å². The molecule has 3 atom stereocenters. The van der Waals surface area contributed by atoms with Crippen molar-refractivity contribution in [1.82, 2.24) is 5.32 Å². The van der Waals surface area contributed by atoms with Gasteiger partial charge >= 0.3 is 5.97 Å². The van der Waals surface area contributed by atoms with Gasteiger partial charge in [-0.15, -0.1) is 0 Å². The van der Waals surface area contributed by atoms with Gasteiger partial charge in [0.1, 0.15) is 19.3 Å². The van der Waals surface area contributed by atoms with E-state index in [-0.39, 0.29) is 31.5 Å². The molecule has 0 aliphatic carbocycles. The van der Waals surface area contributed by atoms with Crippen LogP contribution in [0.2, 0.25) is 0 Å². The van der Waals surface area contributed by atoms with Gasteiger partial charge in [0.2, 0.25) is 5.91 Å². The van der Waals surface area contributed by atoms with E-state index in [0.717, 1.165) is 77.0 Å². The number of ether oxygens (including phenoxy) is 1. The number of amides is 1. The van der Waals surface area contributed by atoms with Crippen LogP contribution in [0.4, 0.5) is 0 Å². The van der Waals surface area contributed by atoms with Gasteiger partial charge in [-0.2, -0.15) is 0 Å². The van der Waals surface area contributed by atoms with E-state index in [1.54, 1.807) is 0 Å². The van der Waals surface area contributed by atoms with Crippen LogP contribution in [-0.2, 0) is 27.9 Å². The lowest BCUT2D eigenvalue weighted by Crippen LogP contribution is -2.47. The average Bonchev–Trinajstić information content (AvgIpc) is 3.50. The summed E-state index contributed by atoms with van der Waals surface area (Å²) in [4.78, 5) is 40.2. The highest BCUT2D eigenvalue weighted by Crippen LogP contribution is 2.38. The predicted molar refractivity (Wildman–Crippen MR) is 367 cm³/mol. The minimum Gasteiger partial charge on any atom is -0.756 e. The van der Waals surface area contributed by atoms with Gasteiger partial charge in [0, 0.05) is 12.8 Å². The molecule has 10 heteroatoms. The van der Waals surface area contributed by atoms with Crippen LogP contribution < -0.4 is 10.2 Å². The van der Waals surface area contributed by atoms with Crippen molar-refractivity contribution in [1.29, 1.82) is 0 Å². The molecule has 0 fully saturated rings. The maximum absolute atomic E-state index is 13.6. The van der Waals surface area contributed by atoms with Crippen LogP contribution in [0.3, 0.4) is 0 Å². The summed E-state index contributed by atoms with van der Waals surface area (Å²) in [6.07, 6.45) is 84.5. The Morgan fingerprint density at radius 3 is 1.11 bits per heavy atom. The second kappa shape index (κ2) is 64.4. The third-order valence-electron chi connectivity index (χ3n) is 16.1. The molecule has 0 aromatic rings. The number of likely N-dealkylation sites (N-methyl/N-ethyl adjacent to an activating group) is 1. The van der Waals surface area contributed by atoms with Crippen molar-refractivity contribution < 1.29 is 37.3 Å². The van der Waals surface area contributed by atoms with E-state index in [1.165, 1.54) is 231 Å². The molecule has 0 spiro atoms. The maximum atomic E-state index is 13.6. The van der Waals surface area contributed by atoms with Crippen LogP contribution in [-0.4, -0.2) is 69.4 Å². The number of carbonyl (C=O) groups is 2. The van der Waals surface area contributed by atoms with Crippen LogP contribution in [0.1, 0.15) is 342 Å². The Labute approximate surface area is 527 Å². The summed E-state index contributed by atoms with van der Waals surface area (Å²) in [7, 11) is 1.19. The number of nitrogens with one attached hydrogen (secondary N) is 1. The van der Waals surface area contributed by atoms with Gasteiger partial charge in [0.25, 0.3) is 7.82 Å². The first kappa shape index (κ1) is 82.5. The minimum atomic E-state index is -4.71. The molecule has 0 aromatic heterocycles. The Kier molecular flexibility index (Phi) is 62.5. The van der Waals surface area contributed by atoms with Gasteiger partial charge in [-0.1, -0.05) is 299 Å². The smallest absolute Gasteiger partial charge is 0.306 e. The first-order valence-electron chi connectivity index (χ1n) is 36.2. The largest absolute Gasteiger partial charge is 0.756 e. The molecule has 85 heavy (non-hydrogen) atoms. The molecular weight excluding hydrogens is 1070 g/mol. The predicted octanol–water partition coefficient (Wildman–Crippen LogP) is 22.5. The number of unbranched alkanes of at least 4 members (excludes halogenated alkanes) is 40. The van der Waals surface area contributed by atoms with Crippen molar-refractivity contribution in [3.8, 4) is 0 Å². The molecule has 0 radical (unpaired) electrons. The zero-order valence-corrected chi connectivity index (χ0v) is 57.7. The number of quaternary nitrogens is 1. The Hall–Kier alpha value is -2.55. The van der Waals surface area contributed by atoms with E-state index in [9.17, 15) is 19.0 Å². The summed E-state index contributed by atoms with van der Waals surface area (Å²) in [5.41, 5.74) is 0. The van der Waals surface area contributed by atoms with E-state index in [1.807, 2.05) is 33.3 Å². The molecule has 0 aliphatic heterocycles. The lowest BCUT2D eigenvalue weighted by molar-refractivity contribution is -0.870. The van der Waals surface area contributed by atoms with Gasteiger partial charge in [0.05, 0.1) is 33.8 Å². The van der Waals surface area contributed by atoms with Crippen LogP contribution in [0.5, 0.6) is 0 Å². The minimum absolute atomic E-state index is 0.0240. The molecule has 1 N–H and O–H groups in total. The van der Waals surface area contributed by atoms with E-state index in [0.29, 0.717) is 17.4 Å². The Balaban J connectivity index is 5.07. The summed E-state index contributed by atoms with van der Waals surface area (Å²) >= 11 is 0. The van der Waals surface area contributed by atoms with Crippen molar-refractivity contribution in [2.45, 2.75) is 354 Å². The molecule has 9 nitrogen and oxygen atoms in total. The quantitative estimate of drug-likeness (QED) is 0.0212. The summed E-state index contributed by atoms with van der Waals surface area (Å²) < 4.78 is 30.5. The standard InChI is InChI=1S/C75H139N2O7P/c1-7-10-13-16-19-22-25-28-30-32-34-35-36-37-38-39-40-41-43-45-47-50-53-56-59-62-65-68-75(79)84-73(66-63-60-57-54-51-48-27-24-21-18-15-12-9-3)72(71-83-85(80,81)82-70-69-77(4,5)6)76-74(78)67-64-61-58-55-52-49-46-44-42-33-31-29-26-23-20-17-14-11-8-2/h19,22,28-31,34-35,37-38,63,66,72-73H,7-18,20-21,23-27,32-33,36,39-62,64-65,67-71H2,1-6H3,(H-,76,78,80,81)/b22-19-,30-28-,31-29+,35-34-,38-37-,66-63-. The van der Waals surface area contributed by atoms with Crippen molar-refractivity contribution in [2.24, 2.45) is 0 Å². The number of hydrogen-bond acceptors (Lipinski definition) is 7. The topological polar surface area (TPSA) is 114 Å². The first-order valence-corrected chi connectivity index (χ1v) is 37.7. The molecule has 0 heterocycles. The van der Waals surface area contributed by atoms with E-state index >= 15 is 0 Å². The molecule has 496 valence electrons. The SMILES string of the molecule is CCCCC/C=C\C/C=C\C/C=C\C/C=C\CCCCCCCCCCCCCC(=O)OC(/C=C\CCCCCCCCCCCCC)C(COP(=O)([O-])OCC[N+](C)(C)C)NC(=O)CCCCCCCCCCC/C=C/CCCCCCCC. The molecule has 0 aliphatic rings. The Morgan fingerprint density at radius 2 is 0.718 bits per heavy atom. The van der Waals surface area contributed by atoms with Crippen LogP contribution in [0, 0.1) is 0 Å². The fourth-order valence-corrected chi connectivity index (χ4v) is 11.2. The van der Waals surface area contributed by atoms with Crippen LogP contribution >= 0.6 is 7.82 Å². The van der Waals surface area contributed by atoms with Crippen LogP contribution in [0.15, 0.2) is 72.9 Å². The van der Waals surface area contributed by atoms with Crippen molar-refractivity contribution in [2.75, 3.05) is 40.9 Å². The molecule has 0 saturated carbocycles. The monoisotopic (exact) mass is 1210 g/mol. The molecule has 1 amide bonds. The fraction of sp³-hybridized carbons (Fsp3) is 0.813. The summed E-state index contributed by atoms with van der Waals surface area (Å²) in [6, 6.07) is -0.893. The zero-order valence-electron chi connectivity index (χ0n) is 56.8. The van der Waals surface area contributed by atoms with Gasteiger partial charge in [-0.25, -0.2) is 0 Å². The summed E-state index contributed by atoms with van der Waals surface area (Å²) in [5, 5.41) is 3.05. The molecule has 0 saturated heterocycles. The van der Waals surface area contributed by atoms with Crippen molar-refractivity contribution in [3.63, 3.8) is 0 Å². The Bertz CT molecular complexity index is 1680. The number of esters is 1. The van der Waals surface area contributed by atoms with Gasteiger partial charge in [-0.05, 0) is 102 Å². The molecule has 3 unspecified atom stereocenters. The molecule has 0 rings (SSSR count). The highest BCUT2D eigenvalue weighted by Gasteiger charge is 2.27. The lowest BCUT2D eigenvalue weighted by atomic mass is 10.0. The van der Waals surface area contributed by atoms with Crippen molar-refractivity contribution in [3.05, 3.63) is 72.9 Å². The number of phosphoric acid groups is 1. The average molecular weight is 1210 g/mol. The van der Waals surface area contributed by atoms with Gasteiger partial charge in [-0.3, -0.25) is 14.2 Å². The third-order valence-corrected chi connectivity index (χ3v) is 17.1. The second-order valence-corrected chi connectivity index (χ2v) is 27.1. The number of nitrogens with zero attached hydrogens (tertiary/aromatic N) is 1. The third kappa shape index (κ3) is 65.7. The molecular formula is C75H139N2O7P. The summed E-state index contributed by atoms with van der Waals surface area (Å²) in [5.74, 6) is -0.536. The number of hydrogen-bond donors (Lipinski definition) is 1. The van der Waals surface area contributed by atoms with Crippen molar-refractivity contribution >= 4 is 19.7 Å². The Morgan fingerprint density at radius 1 is 0.412 bits per heavy atom. The zero-order chi connectivity index (χ0) is 62.1. The second-order valence-electron chi connectivity index (χ2n) is 25.7. The number of carbonyl (C=O) groups excluding carboxylic acids is 2. The van der Waals surface area contributed by atoms with Crippen LogP contribution in [0.25, 0.3) is 0 Å². The normalized spacial score (nSPS) is 13.9.